The maximum atomic E-state index is 13.7. The molecule has 1 unspecified atom stereocenters. The number of pyridine rings is 1. The summed E-state index contributed by atoms with van der Waals surface area (Å²) in [5.74, 6) is -0.256. The lowest BCUT2D eigenvalue weighted by atomic mass is 10.0. The molecule has 1 aromatic heterocycles. The quantitative estimate of drug-likeness (QED) is 0.533. The van der Waals surface area contributed by atoms with Gasteiger partial charge in [0.05, 0.1) is 37.4 Å². The smallest absolute Gasteiger partial charge is 0.291 e. The number of nitrogens with zero attached hydrogens (tertiary/aromatic N) is 2. The van der Waals surface area contributed by atoms with Crippen LogP contribution in [-0.4, -0.2) is 47.4 Å². The first kappa shape index (κ1) is 23.3. The number of hydrogen-bond donors (Lipinski definition) is 2. The molecule has 1 aliphatic rings. The molecule has 0 bridgehead atoms. The van der Waals surface area contributed by atoms with Crippen molar-refractivity contribution < 1.29 is 36.9 Å². The Morgan fingerprint density at radius 2 is 1.88 bits per heavy atom. The lowest BCUT2D eigenvalue weighted by Crippen LogP contribution is -2.55. The van der Waals surface area contributed by atoms with Crippen LogP contribution in [0.1, 0.15) is 16.8 Å². The molecular weight excluding hydrogens is 458 g/mol. The van der Waals surface area contributed by atoms with Crippen molar-refractivity contribution in [3.63, 3.8) is 0 Å². The van der Waals surface area contributed by atoms with Crippen LogP contribution in [0.4, 0.5) is 17.6 Å². The fourth-order valence-electron chi connectivity index (χ4n) is 3.74. The van der Waals surface area contributed by atoms with Crippen LogP contribution in [0, 0.1) is 0 Å². The van der Waals surface area contributed by atoms with E-state index in [1.54, 1.807) is 36.4 Å². The second-order valence-electron chi connectivity index (χ2n) is 7.49. The Labute approximate surface area is 191 Å². The molecule has 0 spiro atoms. The van der Waals surface area contributed by atoms with Gasteiger partial charge in [-0.3, -0.25) is 10.2 Å². The molecule has 1 atom stereocenters. The monoisotopic (exact) mass is 477 g/mol. The summed E-state index contributed by atoms with van der Waals surface area (Å²) in [5, 5.41) is 10.9. The summed E-state index contributed by atoms with van der Waals surface area (Å²) in [4.78, 5) is 18.0. The standard InChI is InChI=1S/C23H19F4N3O4/c1-33-12-7-8-14(19(9-12)34-2)17-10-15(13-5-3-4-6-16(13)28-17)21(31)30-23(32,22(26)27)11-18(29-30)20(24)25/h3-10,22,29,32H,11H2,1-2H3. The van der Waals surface area contributed by atoms with Crippen molar-refractivity contribution in [3.8, 4) is 22.8 Å². The predicted octanol–water partition coefficient (Wildman–Crippen LogP) is 4.33. The van der Waals surface area contributed by atoms with Crippen LogP contribution in [-0.2, 0) is 0 Å². The van der Waals surface area contributed by atoms with Gasteiger partial charge in [-0.2, -0.15) is 8.78 Å². The van der Waals surface area contributed by atoms with Gasteiger partial charge in [0.1, 0.15) is 17.2 Å². The molecule has 0 aliphatic carbocycles. The second kappa shape index (κ2) is 8.82. The number of hydrazine groups is 1. The Balaban J connectivity index is 1.90. The normalized spacial score (nSPS) is 17.8. The molecule has 1 fully saturated rings. The van der Waals surface area contributed by atoms with Crippen molar-refractivity contribution in [2.45, 2.75) is 18.6 Å². The van der Waals surface area contributed by atoms with Gasteiger partial charge in [-0.15, -0.1) is 0 Å². The van der Waals surface area contributed by atoms with Gasteiger partial charge in [0.25, 0.3) is 18.4 Å². The molecule has 4 rings (SSSR count). The van der Waals surface area contributed by atoms with Gasteiger partial charge >= 0.3 is 0 Å². The van der Waals surface area contributed by atoms with Crippen molar-refractivity contribution in [3.05, 3.63) is 65.9 Å². The first-order valence-electron chi connectivity index (χ1n) is 9.97. The average molecular weight is 477 g/mol. The first-order valence-corrected chi connectivity index (χ1v) is 9.97. The number of benzene rings is 2. The summed E-state index contributed by atoms with van der Waals surface area (Å²) in [6.45, 7) is 0. The van der Waals surface area contributed by atoms with Crippen molar-refractivity contribution in [2.75, 3.05) is 14.2 Å². The van der Waals surface area contributed by atoms with Gasteiger partial charge < -0.3 is 14.6 Å². The molecule has 11 heteroatoms. The fraction of sp³-hybridized carbons (Fsp3) is 0.217. The van der Waals surface area contributed by atoms with Crippen LogP contribution in [0.5, 0.6) is 11.5 Å². The maximum Gasteiger partial charge on any atom is 0.291 e. The minimum Gasteiger partial charge on any atom is -0.497 e. The predicted molar refractivity (Wildman–Crippen MR) is 114 cm³/mol. The summed E-state index contributed by atoms with van der Waals surface area (Å²) < 4.78 is 64.4. The number of carbonyl (C=O) groups is 1. The SMILES string of the molecule is COc1ccc(-c2cc(C(=O)N3NC(=C(F)F)CC3(O)C(F)F)c3ccccc3n2)c(OC)c1. The van der Waals surface area contributed by atoms with Crippen LogP contribution >= 0.6 is 0 Å². The number of hydrogen-bond acceptors (Lipinski definition) is 6. The van der Waals surface area contributed by atoms with Crippen LogP contribution in [0.15, 0.2) is 60.3 Å². The molecule has 3 aromatic rings. The average Bonchev–Trinajstić information content (AvgIpc) is 3.21. The third-order valence-electron chi connectivity index (χ3n) is 5.48. The molecule has 1 saturated heterocycles. The lowest BCUT2D eigenvalue weighted by Gasteiger charge is -2.31. The minimum absolute atomic E-state index is 0.134. The van der Waals surface area contributed by atoms with E-state index in [-0.39, 0.29) is 21.7 Å². The fourth-order valence-corrected chi connectivity index (χ4v) is 3.74. The van der Waals surface area contributed by atoms with E-state index >= 15 is 0 Å². The zero-order valence-corrected chi connectivity index (χ0v) is 18.0. The van der Waals surface area contributed by atoms with Crippen molar-refractivity contribution in [1.29, 1.82) is 0 Å². The van der Waals surface area contributed by atoms with Crippen molar-refractivity contribution in [2.24, 2.45) is 0 Å². The number of halogens is 4. The largest absolute Gasteiger partial charge is 0.497 e. The number of amides is 1. The summed E-state index contributed by atoms with van der Waals surface area (Å²) >= 11 is 0. The van der Waals surface area contributed by atoms with E-state index in [1.807, 2.05) is 5.43 Å². The van der Waals surface area contributed by atoms with Crippen molar-refractivity contribution in [1.82, 2.24) is 15.4 Å². The van der Waals surface area contributed by atoms with Gasteiger partial charge in [0.2, 0.25) is 5.72 Å². The van der Waals surface area contributed by atoms with Gasteiger partial charge in [-0.1, -0.05) is 18.2 Å². The van der Waals surface area contributed by atoms with E-state index in [9.17, 15) is 27.5 Å². The Kier molecular flexibility index (Phi) is 6.05. The topological polar surface area (TPSA) is 83.9 Å². The number of para-hydroxylation sites is 1. The number of aliphatic hydroxyl groups is 1. The highest BCUT2D eigenvalue weighted by molar-refractivity contribution is 6.07. The van der Waals surface area contributed by atoms with Crippen LogP contribution < -0.4 is 14.9 Å². The summed E-state index contributed by atoms with van der Waals surface area (Å²) in [6, 6.07) is 12.6. The summed E-state index contributed by atoms with van der Waals surface area (Å²) in [6.07, 6.45) is -6.98. The lowest BCUT2D eigenvalue weighted by molar-refractivity contribution is -0.168. The molecule has 178 valence electrons. The molecule has 7 nitrogen and oxygen atoms in total. The molecule has 34 heavy (non-hydrogen) atoms. The number of carbonyl (C=O) groups excluding carboxylic acids is 1. The molecule has 0 radical (unpaired) electrons. The van der Waals surface area contributed by atoms with E-state index in [0.717, 1.165) is 0 Å². The highest BCUT2D eigenvalue weighted by Crippen LogP contribution is 2.38. The third kappa shape index (κ3) is 3.87. The van der Waals surface area contributed by atoms with E-state index in [1.165, 1.54) is 26.4 Å². The molecule has 1 amide bonds. The van der Waals surface area contributed by atoms with Crippen LogP contribution in [0.3, 0.4) is 0 Å². The van der Waals surface area contributed by atoms with E-state index in [2.05, 4.69) is 4.98 Å². The number of methoxy groups -OCH3 is 2. The Bertz CT molecular complexity index is 1300. The second-order valence-corrected chi connectivity index (χ2v) is 7.49. The maximum absolute atomic E-state index is 13.7. The molecule has 2 aromatic carbocycles. The Morgan fingerprint density at radius 3 is 2.53 bits per heavy atom. The van der Waals surface area contributed by atoms with Crippen molar-refractivity contribution >= 4 is 16.8 Å². The first-order chi connectivity index (χ1) is 16.2. The summed E-state index contributed by atoms with van der Waals surface area (Å²) in [5.41, 5.74) is -1.26. The Hall–Kier alpha value is -3.86. The van der Waals surface area contributed by atoms with Crippen LogP contribution in [0.25, 0.3) is 22.2 Å². The van der Waals surface area contributed by atoms with E-state index < -0.39 is 36.3 Å². The number of aromatic nitrogens is 1. The molecule has 1 aliphatic heterocycles. The third-order valence-corrected chi connectivity index (χ3v) is 5.48. The van der Waals surface area contributed by atoms with E-state index in [0.29, 0.717) is 22.6 Å². The van der Waals surface area contributed by atoms with Gasteiger partial charge in [-0.05, 0) is 24.3 Å². The van der Waals surface area contributed by atoms with Gasteiger partial charge in [-0.25, -0.2) is 18.8 Å². The number of ether oxygens (including phenoxy) is 2. The van der Waals surface area contributed by atoms with Gasteiger partial charge in [0, 0.05) is 17.0 Å². The van der Waals surface area contributed by atoms with E-state index in [4.69, 9.17) is 9.47 Å². The van der Waals surface area contributed by atoms with Gasteiger partial charge in [0.15, 0.2) is 0 Å². The highest BCUT2D eigenvalue weighted by atomic mass is 19.3. The highest BCUT2D eigenvalue weighted by Gasteiger charge is 2.53. The molecular formula is C23H19F4N3O4. The Morgan fingerprint density at radius 1 is 1.15 bits per heavy atom. The zero-order chi connectivity index (χ0) is 24.6. The number of fused-ring (bicyclic) bond motifs is 1. The number of alkyl halides is 2. The number of rotatable bonds is 5. The van der Waals surface area contributed by atoms with Crippen LogP contribution in [0.2, 0.25) is 0 Å². The minimum atomic E-state index is -3.52. The molecule has 0 saturated carbocycles. The zero-order valence-electron chi connectivity index (χ0n) is 18.0. The number of nitrogens with one attached hydrogen (secondary N) is 1. The molecule has 2 heterocycles. The summed E-state index contributed by atoms with van der Waals surface area (Å²) in [7, 11) is 2.91. The molecule has 2 N–H and O–H groups in total.